The van der Waals surface area contributed by atoms with Crippen molar-refractivity contribution in [1.82, 2.24) is 20.7 Å². The number of anilines is 1. The van der Waals surface area contributed by atoms with E-state index in [1.807, 2.05) is 50.4 Å². The molecule has 1 aromatic heterocycles. The first-order valence-corrected chi connectivity index (χ1v) is 12.1. The molecule has 2 atom stereocenters. The largest absolute Gasteiger partial charge is 0.496 e. The van der Waals surface area contributed by atoms with E-state index in [0.29, 0.717) is 35.9 Å². The number of carbonyl (C=O) groups excluding carboxylic acids is 3. The Morgan fingerprint density at radius 1 is 1.16 bits per heavy atom. The van der Waals surface area contributed by atoms with Crippen LogP contribution in [0, 0.1) is 17.4 Å². The summed E-state index contributed by atoms with van der Waals surface area (Å²) in [7, 11) is 1.56. The van der Waals surface area contributed by atoms with Crippen LogP contribution in [0.3, 0.4) is 0 Å². The molecule has 192 valence electrons. The van der Waals surface area contributed by atoms with Crippen LogP contribution in [0.5, 0.6) is 5.75 Å². The summed E-state index contributed by atoms with van der Waals surface area (Å²) in [5.41, 5.74) is 5.06. The maximum atomic E-state index is 13.2. The summed E-state index contributed by atoms with van der Waals surface area (Å²) in [6, 6.07) is 13.5. The third-order valence-electron chi connectivity index (χ3n) is 6.38. The number of rotatable bonds is 10. The fourth-order valence-electron chi connectivity index (χ4n) is 4.39. The molecule has 10 heteroatoms. The van der Waals surface area contributed by atoms with Crippen LogP contribution < -0.4 is 20.8 Å². The zero-order chi connectivity index (χ0) is 26.5. The number of amides is 3. The van der Waals surface area contributed by atoms with Gasteiger partial charge < -0.3 is 20.4 Å². The monoisotopic (exact) mass is 502 g/mol. The van der Waals surface area contributed by atoms with E-state index in [4.69, 9.17) is 4.74 Å². The van der Waals surface area contributed by atoms with Gasteiger partial charge in [-0.1, -0.05) is 38.1 Å². The summed E-state index contributed by atoms with van der Waals surface area (Å²) >= 11 is 0. The SMILES string of the molecule is COc1cccc2[nH]c(C(=O)N[C@@H](CCC(C)C)C(=O)NN(C#N)CC3C(=O)Nc4ccccc43)cc12. The van der Waals surface area contributed by atoms with Crippen LogP contribution in [0.25, 0.3) is 10.9 Å². The number of aromatic amines is 1. The molecule has 0 fully saturated rings. The molecule has 0 saturated heterocycles. The lowest BCUT2D eigenvalue weighted by molar-refractivity contribution is -0.127. The van der Waals surface area contributed by atoms with E-state index in [2.05, 4.69) is 21.0 Å². The molecule has 4 rings (SSSR count). The second kappa shape index (κ2) is 11.0. The highest BCUT2D eigenvalue weighted by Crippen LogP contribution is 2.32. The van der Waals surface area contributed by atoms with Crippen molar-refractivity contribution in [3.8, 4) is 11.9 Å². The van der Waals surface area contributed by atoms with E-state index in [9.17, 15) is 19.6 Å². The Morgan fingerprint density at radius 2 is 1.95 bits per heavy atom. The molecule has 0 saturated carbocycles. The van der Waals surface area contributed by atoms with Gasteiger partial charge in [-0.15, -0.1) is 0 Å². The molecular weight excluding hydrogens is 472 g/mol. The molecule has 2 aromatic carbocycles. The van der Waals surface area contributed by atoms with Crippen LogP contribution in [-0.4, -0.2) is 47.4 Å². The van der Waals surface area contributed by atoms with E-state index in [0.717, 1.165) is 21.5 Å². The van der Waals surface area contributed by atoms with Crippen molar-refractivity contribution in [2.24, 2.45) is 5.92 Å². The number of hydrogen-bond donors (Lipinski definition) is 4. The first-order chi connectivity index (χ1) is 17.8. The third kappa shape index (κ3) is 5.67. The quantitative estimate of drug-likeness (QED) is 0.191. The van der Waals surface area contributed by atoms with Crippen molar-refractivity contribution >= 4 is 34.3 Å². The van der Waals surface area contributed by atoms with Gasteiger partial charge in [0.05, 0.1) is 19.6 Å². The van der Waals surface area contributed by atoms with Crippen LogP contribution in [0.15, 0.2) is 48.5 Å². The van der Waals surface area contributed by atoms with Gasteiger partial charge in [0.2, 0.25) is 5.91 Å². The smallest absolute Gasteiger partial charge is 0.268 e. The minimum absolute atomic E-state index is 0.0300. The minimum atomic E-state index is -0.885. The van der Waals surface area contributed by atoms with Gasteiger partial charge in [-0.25, -0.2) is 5.01 Å². The maximum Gasteiger partial charge on any atom is 0.268 e. The van der Waals surface area contributed by atoms with Gasteiger partial charge >= 0.3 is 0 Å². The number of H-pyrrole nitrogens is 1. The van der Waals surface area contributed by atoms with E-state index in [-0.39, 0.29) is 12.5 Å². The van der Waals surface area contributed by atoms with E-state index in [1.54, 1.807) is 25.3 Å². The van der Waals surface area contributed by atoms with Crippen LogP contribution >= 0.6 is 0 Å². The lowest BCUT2D eigenvalue weighted by atomic mass is 10.0. The molecule has 1 aliphatic heterocycles. The van der Waals surface area contributed by atoms with Gasteiger partial charge in [-0.2, -0.15) is 5.26 Å². The van der Waals surface area contributed by atoms with Crippen LogP contribution in [0.2, 0.25) is 0 Å². The number of para-hydroxylation sites is 1. The highest BCUT2D eigenvalue weighted by Gasteiger charge is 2.33. The Morgan fingerprint density at radius 3 is 2.68 bits per heavy atom. The fourth-order valence-corrected chi connectivity index (χ4v) is 4.39. The molecule has 4 N–H and O–H groups in total. The number of ether oxygens (including phenoxy) is 1. The molecule has 3 amide bonds. The van der Waals surface area contributed by atoms with Gasteiger partial charge in [0, 0.05) is 16.6 Å². The lowest BCUT2D eigenvalue weighted by Gasteiger charge is -2.24. The summed E-state index contributed by atoms with van der Waals surface area (Å²) < 4.78 is 5.36. The molecule has 37 heavy (non-hydrogen) atoms. The highest BCUT2D eigenvalue weighted by atomic mass is 16.5. The first kappa shape index (κ1) is 25.6. The van der Waals surface area contributed by atoms with Crippen molar-refractivity contribution in [1.29, 1.82) is 5.26 Å². The second-order valence-electron chi connectivity index (χ2n) is 9.42. The van der Waals surface area contributed by atoms with Crippen molar-refractivity contribution in [2.45, 2.75) is 38.6 Å². The van der Waals surface area contributed by atoms with Crippen molar-refractivity contribution < 1.29 is 19.1 Å². The van der Waals surface area contributed by atoms with Gasteiger partial charge in [0.25, 0.3) is 11.8 Å². The Labute approximate surface area is 214 Å². The summed E-state index contributed by atoms with van der Waals surface area (Å²) in [5, 5.41) is 17.1. The van der Waals surface area contributed by atoms with Gasteiger partial charge in [-0.3, -0.25) is 19.8 Å². The molecule has 1 unspecified atom stereocenters. The van der Waals surface area contributed by atoms with Gasteiger partial charge in [0.15, 0.2) is 6.19 Å². The number of hydrazine groups is 1. The zero-order valence-electron chi connectivity index (χ0n) is 21.0. The topological polar surface area (TPSA) is 139 Å². The number of carbonyl (C=O) groups is 3. The number of aromatic nitrogens is 1. The Bertz CT molecular complexity index is 1360. The molecule has 0 spiro atoms. The van der Waals surface area contributed by atoms with E-state index >= 15 is 0 Å². The Kier molecular flexibility index (Phi) is 7.63. The molecule has 0 bridgehead atoms. The predicted molar refractivity (Wildman–Crippen MR) is 138 cm³/mol. The lowest BCUT2D eigenvalue weighted by Crippen LogP contribution is -2.52. The Hall–Kier alpha value is -4.52. The standard InChI is InChI=1S/C27H30N6O4/c1-16(2)11-12-22(31-26(35)23-13-18-21(29-23)9-6-10-24(18)37-3)27(36)32-33(15-28)14-19-17-7-4-5-8-20(17)30-25(19)34/h4-10,13,16,19,22,29H,11-12,14H2,1-3H3,(H,30,34)(H,31,35)(H,32,36)/t19?,22-/m0/s1. The maximum absolute atomic E-state index is 13.2. The summed E-state index contributed by atoms with van der Waals surface area (Å²) in [4.78, 5) is 41.8. The molecule has 2 heterocycles. The fraction of sp³-hybridized carbons (Fsp3) is 0.333. The second-order valence-corrected chi connectivity index (χ2v) is 9.42. The number of nitrogens with zero attached hydrogens (tertiary/aromatic N) is 2. The van der Waals surface area contributed by atoms with Crippen LogP contribution in [0.4, 0.5) is 5.69 Å². The van der Waals surface area contributed by atoms with Crippen molar-refractivity contribution in [2.75, 3.05) is 19.0 Å². The normalized spacial score (nSPS) is 15.0. The van der Waals surface area contributed by atoms with Gasteiger partial charge in [-0.05, 0) is 48.6 Å². The number of nitriles is 1. The molecule has 1 aliphatic rings. The number of methoxy groups -OCH3 is 1. The van der Waals surface area contributed by atoms with Crippen LogP contribution in [-0.2, 0) is 9.59 Å². The third-order valence-corrected chi connectivity index (χ3v) is 6.38. The van der Waals surface area contributed by atoms with E-state index < -0.39 is 23.8 Å². The molecule has 0 radical (unpaired) electrons. The summed E-state index contributed by atoms with van der Waals surface area (Å²) in [6.07, 6.45) is 3.00. The molecular formula is C27H30N6O4. The Balaban J connectivity index is 1.48. The molecule has 3 aromatic rings. The average Bonchev–Trinajstić information content (AvgIpc) is 3.46. The molecule has 10 nitrogen and oxygen atoms in total. The average molecular weight is 503 g/mol. The number of nitrogens with one attached hydrogen (secondary N) is 4. The number of benzene rings is 2. The number of hydrogen-bond acceptors (Lipinski definition) is 6. The van der Waals surface area contributed by atoms with Crippen molar-refractivity contribution in [3.05, 3.63) is 59.8 Å². The van der Waals surface area contributed by atoms with Gasteiger partial charge in [0.1, 0.15) is 17.5 Å². The molecule has 0 aliphatic carbocycles. The zero-order valence-corrected chi connectivity index (χ0v) is 21.0. The van der Waals surface area contributed by atoms with Crippen molar-refractivity contribution in [3.63, 3.8) is 0 Å². The predicted octanol–water partition coefficient (Wildman–Crippen LogP) is 3.26. The summed E-state index contributed by atoms with van der Waals surface area (Å²) in [5.74, 6) is -0.902. The van der Waals surface area contributed by atoms with E-state index in [1.165, 1.54) is 0 Å². The highest BCUT2D eigenvalue weighted by molar-refractivity contribution is 6.03. The minimum Gasteiger partial charge on any atom is -0.496 e. The summed E-state index contributed by atoms with van der Waals surface area (Å²) in [6.45, 7) is 4.02. The first-order valence-electron chi connectivity index (χ1n) is 12.1. The van der Waals surface area contributed by atoms with Crippen LogP contribution in [0.1, 0.15) is 48.7 Å². The number of fused-ring (bicyclic) bond motifs is 2.